The lowest BCUT2D eigenvalue weighted by Gasteiger charge is -2.23. The molecule has 0 N–H and O–H groups in total. The van der Waals surface area contributed by atoms with E-state index < -0.39 is 0 Å². The monoisotopic (exact) mass is 190 g/mol. The lowest BCUT2D eigenvalue weighted by atomic mass is 10.1. The fraction of sp³-hybridized carbons (Fsp3) is 1.00. The number of rotatable bonds is 6. The van der Waals surface area contributed by atoms with Crippen molar-refractivity contribution in [3.8, 4) is 0 Å². The summed E-state index contributed by atoms with van der Waals surface area (Å²) in [4.78, 5) is 0. The van der Waals surface area contributed by atoms with E-state index in [9.17, 15) is 0 Å². The van der Waals surface area contributed by atoms with E-state index in [1.807, 2.05) is 0 Å². The molecule has 0 aromatic heterocycles. The minimum Gasteiger partial charge on any atom is -0.423 e. The SMILES string of the molecule is CC(C)(CCOCC1CO1)O[SiH3]. The largest absolute Gasteiger partial charge is 0.423 e. The normalized spacial score (nSPS) is 23.0. The first-order valence-electron chi connectivity index (χ1n) is 4.38. The second-order valence-corrected chi connectivity index (χ2v) is 4.15. The maximum Gasteiger partial charge on any atom is 0.146 e. The predicted octanol–water partition coefficient (Wildman–Crippen LogP) is -0.132. The van der Waals surface area contributed by atoms with E-state index in [2.05, 4.69) is 13.8 Å². The Labute approximate surface area is 76.9 Å². The van der Waals surface area contributed by atoms with Gasteiger partial charge in [0.05, 0.1) is 18.8 Å². The third-order valence-corrected chi connectivity index (χ3v) is 3.21. The molecule has 1 unspecified atom stereocenters. The highest BCUT2D eigenvalue weighted by Crippen LogP contribution is 2.13. The molecule has 1 fully saturated rings. The Morgan fingerprint density at radius 2 is 2.25 bits per heavy atom. The number of epoxide rings is 1. The van der Waals surface area contributed by atoms with Crippen molar-refractivity contribution in [3.63, 3.8) is 0 Å². The van der Waals surface area contributed by atoms with E-state index in [1.165, 1.54) is 0 Å². The molecular formula is C8H18O3Si. The summed E-state index contributed by atoms with van der Waals surface area (Å²) in [6, 6.07) is 0. The van der Waals surface area contributed by atoms with E-state index in [4.69, 9.17) is 13.9 Å². The van der Waals surface area contributed by atoms with Gasteiger partial charge in [-0.3, -0.25) is 0 Å². The van der Waals surface area contributed by atoms with Gasteiger partial charge >= 0.3 is 0 Å². The van der Waals surface area contributed by atoms with Crippen LogP contribution in [0, 0.1) is 0 Å². The summed E-state index contributed by atoms with van der Waals surface area (Å²) in [6.07, 6.45) is 1.34. The Morgan fingerprint density at radius 1 is 1.58 bits per heavy atom. The van der Waals surface area contributed by atoms with Crippen LogP contribution in [0.4, 0.5) is 0 Å². The predicted molar refractivity (Wildman–Crippen MR) is 50.3 cm³/mol. The molecule has 1 saturated heterocycles. The van der Waals surface area contributed by atoms with Crippen molar-refractivity contribution in [2.75, 3.05) is 19.8 Å². The highest BCUT2D eigenvalue weighted by Gasteiger charge is 2.23. The van der Waals surface area contributed by atoms with Gasteiger partial charge in [0.2, 0.25) is 0 Å². The van der Waals surface area contributed by atoms with Crippen molar-refractivity contribution >= 4 is 10.5 Å². The van der Waals surface area contributed by atoms with Crippen molar-refractivity contribution in [3.05, 3.63) is 0 Å². The topological polar surface area (TPSA) is 31.0 Å². The number of hydrogen-bond donors (Lipinski definition) is 0. The molecule has 0 bridgehead atoms. The molecule has 72 valence electrons. The molecule has 4 heteroatoms. The third kappa shape index (κ3) is 4.20. The van der Waals surface area contributed by atoms with Gasteiger partial charge in [-0.1, -0.05) is 0 Å². The molecule has 0 amide bonds. The average molecular weight is 190 g/mol. The van der Waals surface area contributed by atoms with Crippen LogP contribution in [0.15, 0.2) is 0 Å². The Kier molecular flexibility index (Phi) is 3.70. The molecule has 0 aromatic rings. The highest BCUT2D eigenvalue weighted by atomic mass is 28.2. The number of ether oxygens (including phenoxy) is 2. The number of hydrogen-bond acceptors (Lipinski definition) is 3. The second kappa shape index (κ2) is 4.37. The fourth-order valence-corrected chi connectivity index (χ4v) is 1.00. The Bertz CT molecular complexity index is 134. The van der Waals surface area contributed by atoms with Crippen LogP contribution in [0.2, 0.25) is 0 Å². The van der Waals surface area contributed by atoms with Crippen LogP contribution in [-0.2, 0) is 13.9 Å². The van der Waals surface area contributed by atoms with Crippen LogP contribution in [0.3, 0.4) is 0 Å². The van der Waals surface area contributed by atoms with E-state index in [1.54, 1.807) is 0 Å². The Balaban J connectivity index is 1.92. The summed E-state index contributed by atoms with van der Waals surface area (Å²) in [5.74, 6) is 0. The minimum atomic E-state index is -0.00334. The van der Waals surface area contributed by atoms with Crippen molar-refractivity contribution in [2.45, 2.75) is 32.0 Å². The lowest BCUT2D eigenvalue weighted by molar-refractivity contribution is 0.0472. The average Bonchev–Trinajstić information content (AvgIpc) is 2.82. The molecule has 1 atom stereocenters. The molecule has 0 aliphatic carbocycles. The van der Waals surface area contributed by atoms with Crippen LogP contribution in [0.5, 0.6) is 0 Å². The van der Waals surface area contributed by atoms with Gasteiger partial charge in [0.15, 0.2) is 0 Å². The zero-order valence-electron chi connectivity index (χ0n) is 8.13. The van der Waals surface area contributed by atoms with E-state index in [0.717, 1.165) is 36.7 Å². The van der Waals surface area contributed by atoms with E-state index in [0.29, 0.717) is 6.10 Å². The summed E-state index contributed by atoms with van der Waals surface area (Å²) >= 11 is 0. The molecule has 0 radical (unpaired) electrons. The van der Waals surface area contributed by atoms with Gasteiger partial charge < -0.3 is 13.9 Å². The smallest absolute Gasteiger partial charge is 0.146 e. The minimum absolute atomic E-state index is 0.00334. The van der Waals surface area contributed by atoms with Gasteiger partial charge in [0.1, 0.15) is 16.6 Å². The molecule has 1 rings (SSSR count). The molecule has 12 heavy (non-hydrogen) atoms. The molecule has 0 spiro atoms. The Morgan fingerprint density at radius 3 is 2.75 bits per heavy atom. The maximum atomic E-state index is 5.41. The van der Waals surface area contributed by atoms with Gasteiger partial charge in [-0.15, -0.1) is 0 Å². The molecule has 1 aliphatic heterocycles. The van der Waals surface area contributed by atoms with Crippen LogP contribution in [-0.4, -0.2) is 42.0 Å². The summed E-state index contributed by atoms with van der Waals surface area (Å²) < 4.78 is 15.8. The third-order valence-electron chi connectivity index (χ3n) is 2.11. The molecule has 0 aromatic carbocycles. The summed E-state index contributed by atoms with van der Waals surface area (Å²) in [7, 11) is 0.794. The first kappa shape index (κ1) is 10.2. The van der Waals surface area contributed by atoms with E-state index in [-0.39, 0.29) is 5.60 Å². The highest BCUT2D eigenvalue weighted by molar-refractivity contribution is 5.98. The molecule has 1 heterocycles. The van der Waals surface area contributed by atoms with Gasteiger partial charge in [0.25, 0.3) is 0 Å². The van der Waals surface area contributed by atoms with Gasteiger partial charge in [-0.2, -0.15) is 0 Å². The van der Waals surface area contributed by atoms with Crippen LogP contribution >= 0.6 is 0 Å². The second-order valence-electron chi connectivity index (χ2n) is 3.74. The zero-order valence-corrected chi connectivity index (χ0v) is 10.1. The van der Waals surface area contributed by atoms with Crippen molar-refractivity contribution in [2.24, 2.45) is 0 Å². The maximum absolute atomic E-state index is 5.41. The summed E-state index contributed by atoms with van der Waals surface area (Å²) in [5, 5.41) is 0. The molecule has 1 aliphatic rings. The van der Waals surface area contributed by atoms with Crippen molar-refractivity contribution in [1.29, 1.82) is 0 Å². The summed E-state index contributed by atoms with van der Waals surface area (Å²) in [5.41, 5.74) is -0.00334. The fourth-order valence-electron chi connectivity index (χ4n) is 0.799. The van der Waals surface area contributed by atoms with Crippen LogP contribution in [0.25, 0.3) is 0 Å². The Hall–Kier alpha value is 0.0969. The quantitative estimate of drug-likeness (QED) is 0.332. The zero-order chi connectivity index (χ0) is 9.03. The van der Waals surface area contributed by atoms with Gasteiger partial charge in [-0.05, 0) is 20.3 Å². The van der Waals surface area contributed by atoms with E-state index >= 15 is 0 Å². The lowest BCUT2D eigenvalue weighted by Crippen LogP contribution is -2.25. The molecular weight excluding hydrogens is 172 g/mol. The van der Waals surface area contributed by atoms with Gasteiger partial charge in [0, 0.05) is 6.61 Å². The first-order chi connectivity index (χ1) is 5.64. The molecule has 3 nitrogen and oxygen atoms in total. The molecule has 0 saturated carbocycles. The van der Waals surface area contributed by atoms with Crippen molar-refractivity contribution in [1.82, 2.24) is 0 Å². The van der Waals surface area contributed by atoms with Crippen LogP contribution in [0.1, 0.15) is 20.3 Å². The van der Waals surface area contributed by atoms with Crippen LogP contribution < -0.4 is 0 Å². The standard InChI is InChI=1S/C8H18O3Si/c1-8(2,11-12)3-4-9-5-7-6-10-7/h7H,3-6H2,1-2,12H3. The van der Waals surface area contributed by atoms with Gasteiger partial charge in [-0.25, -0.2) is 0 Å². The van der Waals surface area contributed by atoms with Crippen molar-refractivity contribution < 1.29 is 13.9 Å². The first-order valence-corrected chi connectivity index (χ1v) is 5.20. The summed E-state index contributed by atoms with van der Waals surface area (Å²) in [6.45, 7) is 6.58.